The zero-order chi connectivity index (χ0) is 21.0. The molecule has 0 unspecified atom stereocenters. The van der Waals surface area contributed by atoms with Crippen LogP contribution >= 0.6 is 0 Å². The fourth-order valence-electron chi connectivity index (χ4n) is 3.55. The van der Waals surface area contributed by atoms with Crippen molar-refractivity contribution in [3.05, 3.63) is 65.0 Å². The Bertz CT molecular complexity index is 966. The Balaban J connectivity index is 1.82. The highest BCUT2D eigenvalue weighted by Gasteiger charge is 2.26. The summed E-state index contributed by atoms with van der Waals surface area (Å²) < 4.78 is 40.8. The predicted octanol–water partition coefficient (Wildman–Crippen LogP) is 4.19. The van der Waals surface area contributed by atoms with E-state index in [-0.39, 0.29) is 22.7 Å². The maximum atomic E-state index is 13.1. The Hall–Kier alpha value is -2.25. The first-order chi connectivity index (χ1) is 13.8. The fourth-order valence-corrected chi connectivity index (χ4v) is 5.09. The molecule has 156 valence electrons. The molecule has 0 saturated carbocycles. The van der Waals surface area contributed by atoms with Gasteiger partial charge in [0.15, 0.2) is 0 Å². The molecule has 3 rings (SSSR count). The lowest BCUT2D eigenvalue weighted by Gasteiger charge is -2.21. The van der Waals surface area contributed by atoms with Gasteiger partial charge in [-0.05, 0) is 62.1 Å². The number of sulfonamides is 1. The van der Waals surface area contributed by atoms with Gasteiger partial charge >= 0.3 is 0 Å². The Morgan fingerprint density at radius 3 is 2.28 bits per heavy atom. The molecule has 2 aromatic carbocycles. The summed E-state index contributed by atoms with van der Waals surface area (Å²) in [6.07, 6.45) is 3.78. The van der Waals surface area contributed by atoms with Crippen molar-refractivity contribution in [3.8, 4) is 0 Å². The highest BCUT2D eigenvalue weighted by molar-refractivity contribution is 7.89. The summed E-state index contributed by atoms with van der Waals surface area (Å²) >= 11 is 0. The van der Waals surface area contributed by atoms with Gasteiger partial charge in [-0.25, -0.2) is 12.8 Å². The first-order valence-corrected chi connectivity index (χ1v) is 11.4. The van der Waals surface area contributed by atoms with Crippen LogP contribution in [0.1, 0.15) is 60.1 Å². The lowest BCUT2D eigenvalue weighted by Crippen LogP contribution is -2.32. The largest absolute Gasteiger partial charge is 0.346 e. The van der Waals surface area contributed by atoms with E-state index in [0.717, 1.165) is 31.2 Å². The van der Waals surface area contributed by atoms with Crippen LogP contribution in [-0.4, -0.2) is 31.7 Å². The van der Waals surface area contributed by atoms with Crippen molar-refractivity contribution in [3.63, 3.8) is 0 Å². The zero-order valence-electron chi connectivity index (χ0n) is 16.8. The molecule has 1 aliphatic rings. The number of nitrogens with zero attached hydrogens (tertiary/aromatic N) is 1. The van der Waals surface area contributed by atoms with Gasteiger partial charge in [0.05, 0.1) is 10.9 Å². The van der Waals surface area contributed by atoms with Crippen LogP contribution in [0, 0.1) is 12.7 Å². The topological polar surface area (TPSA) is 66.5 Å². The number of carbonyl (C=O) groups is 1. The molecule has 1 fully saturated rings. The van der Waals surface area contributed by atoms with Crippen LogP contribution in [0.15, 0.2) is 47.4 Å². The number of amides is 1. The molecule has 2 aromatic rings. The van der Waals surface area contributed by atoms with Crippen LogP contribution < -0.4 is 5.32 Å². The van der Waals surface area contributed by atoms with Gasteiger partial charge in [-0.2, -0.15) is 4.31 Å². The number of halogens is 1. The van der Waals surface area contributed by atoms with E-state index in [1.54, 1.807) is 38.1 Å². The van der Waals surface area contributed by atoms with Crippen molar-refractivity contribution in [2.45, 2.75) is 50.5 Å². The second-order valence-electron chi connectivity index (χ2n) is 7.54. The molecule has 0 bridgehead atoms. The molecule has 5 nitrogen and oxygen atoms in total. The minimum absolute atomic E-state index is 0.143. The molecule has 29 heavy (non-hydrogen) atoms. The number of carbonyl (C=O) groups excluding carboxylic acids is 1. The zero-order valence-corrected chi connectivity index (χ0v) is 17.6. The summed E-state index contributed by atoms with van der Waals surface area (Å²) in [4.78, 5) is 13.0. The summed E-state index contributed by atoms with van der Waals surface area (Å²) in [5.74, 6) is -0.693. The number of nitrogens with one attached hydrogen (secondary N) is 1. The molecule has 0 radical (unpaired) electrons. The quantitative estimate of drug-likeness (QED) is 0.792. The molecular formula is C22H27FN2O3S. The molecule has 1 N–H and O–H groups in total. The van der Waals surface area contributed by atoms with Crippen LogP contribution in [0.2, 0.25) is 0 Å². The minimum atomic E-state index is -3.63. The maximum Gasteiger partial charge on any atom is 0.252 e. The Labute approximate surface area is 172 Å². The minimum Gasteiger partial charge on any atom is -0.346 e. The number of hydrogen-bond donors (Lipinski definition) is 1. The Morgan fingerprint density at radius 2 is 1.66 bits per heavy atom. The summed E-state index contributed by atoms with van der Waals surface area (Å²) in [5.41, 5.74) is 1.80. The van der Waals surface area contributed by atoms with Crippen molar-refractivity contribution in [1.82, 2.24) is 9.62 Å². The van der Waals surface area contributed by atoms with Crippen LogP contribution in [0.5, 0.6) is 0 Å². The van der Waals surface area contributed by atoms with Gasteiger partial charge in [0.2, 0.25) is 10.0 Å². The van der Waals surface area contributed by atoms with Crippen LogP contribution in [0.3, 0.4) is 0 Å². The van der Waals surface area contributed by atoms with Crippen molar-refractivity contribution in [2.24, 2.45) is 0 Å². The molecule has 1 amide bonds. The van der Waals surface area contributed by atoms with Crippen molar-refractivity contribution < 1.29 is 17.6 Å². The lowest BCUT2D eigenvalue weighted by atomic mass is 10.1. The van der Waals surface area contributed by atoms with Gasteiger partial charge in [0.1, 0.15) is 5.82 Å². The smallest absolute Gasteiger partial charge is 0.252 e. The Morgan fingerprint density at radius 1 is 1.03 bits per heavy atom. The van der Waals surface area contributed by atoms with Crippen LogP contribution in [0.25, 0.3) is 0 Å². The molecular weight excluding hydrogens is 391 g/mol. The molecule has 0 spiro atoms. The molecule has 1 atom stereocenters. The summed E-state index contributed by atoms with van der Waals surface area (Å²) in [5, 5.41) is 2.87. The number of rotatable bonds is 5. The third kappa shape index (κ3) is 5.03. The third-order valence-corrected chi connectivity index (χ3v) is 7.27. The van der Waals surface area contributed by atoms with E-state index in [1.807, 2.05) is 0 Å². The number of aryl methyl sites for hydroxylation is 1. The predicted molar refractivity (Wildman–Crippen MR) is 111 cm³/mol. The first kappa shape index (κ1) is 21.5. The van der Waals surface area contributed by atoms with Gasteiger partial charge in [-0.15, -0.1) is 0 Å². The van der Waals surface area contributed by atoms with Gasteiger partial charge in [-0.3, -0.25) is 4.79 Å². The average Bonchev–Trinajstić information content (AvgIpc) is 2.98. The molecule has 0 aromatic heterocycles. The van der Waals surface area contributed by atoms with Gasteiger partial charge in [0.25, 0.3) is 5.91 Å². The summed E-state index contributed by atoms with van der Waals surface area (Å²) in [6, 6.07) is 10.3. The van der Waals surface area contributed by atoms with E-state index in [0.29, 0.717) is 24.2 Å². The van der Waals surface area contributed by atoms with E-state index >= 15 is 0 Å². The SMILES string of the molecule is Cc1ccc(S(=O)(=O)N2CCCCCC2)cc1C(=O)N[C@@H](C)c1ccc(F)cc1. The molecule has 1 heterocycles. The monoisotopic (exact) mass is 418 g/mol. The van der Waals surface area contributed by atoms with E-state index in [4.69, 9.17) is 0 Å². The summed E-state index contributed by atoms with van der Waals surface area (Å²) in [7, 11) is -3.63. The molecule has 1 aliphatic heterocycles. The van der Waals surface area contributed by atoms with Gasteiger partial charge in [0, 0.05) is 18.7 Å². The Kier molecular flexibility index (Phi) is 6.70. The average molecular weight is 419 g/mol. The third-order valence-electron chi connectivity index (χ3n) is 5.37. The highest BCUT2D eigenvalue weighted by Crippen LogP contribution is 2.23. The fraction of sp³-hybridized carbons (Fsp3) is 0.409. The lowest BCUT2D eigenvalue weighted by molar-refractivity contribution is 0.0939. The van der Waals surface area contributed by atoms with Crippen molar-refractivity contribution in [2.75, 3.05) is 13.1 Å². The van der Waals surface area contributed by atoms with Gasteiger partial charge in [-0.1, -0.05) is 31.0 Å². The highest BCUT2D eigenvalue weighted by atomic mass is 32.2. The van der Waals surface area contributed by atoms with E-state index in [2.05, 4.69) is 5.32 Å². The molecule has 1 saturated heterocycles. The number of hydrogen-bond acceptors (Lipinski definition) is 3. The standard InChI is InChI=1S/C22H27FN2O3S/c1-16-7-12-20(29(27,28)25-13-5-3-4-6-14-25)15-21(16)22(26)24-17(2)18-8-10-19(23)11-9-18/h7-12,15,17H,3-6,13-14H2,1-2H3,(H,24,26)/t17-/m0/s1. The normalized spacial score (nSPS) is 16.8. The second kappa shape index (κ2) is 9.05. The van der Waals surface area contributed by atoms with Crippen LogP contribution in [-0.2, 0) is 10.0 Å². The van der Waals surface area contributed by atoms with Crippen molar-refractivity contribution in [1.29, 1.82) is 0 Å². The maximum absolute atomic E-state index is 13.1. The van der Waals surface area contributed by atoms with Gasteiger partial charge < -0.3 is 5.32 Å². The van der Waals surface area contributed by atoms with E-state index < -0.39 is 10.0 Å². The van der Waals surface area contributed by atoms with Crippen LogP contribution in [0.4, 0.5) is 4.39 Å². The van der Waals surface area contributed by atoms with Crippen molar-refractivity contribution >= 4 is 15.9 Å². The van der Waals surface area contributed by atoms with E-state index in [9.17, 15) is 17.6 Å². The van der Waals surface area contributed by atoms with E-state index in [1.165, 1.54) is 22.5 Å². The summed E-state index contributed by atoms with van der Waals surface area (Å²) in [6.45, 7) is 4.61. The molecule has 7 heteroatoms. The number of benzene rings is 2. The molecule has 0 aliphatic carbocycles. The second-order valence-corrected chi connectivity index (χ2v) is 9.48. The first-order valence-electron chi connectivity index (χ1n) is 9.96.